The second kappa shape index (κ2) is 5.29. The zero-order valence-corrected chi connectivity index (χ0v) is 11.3. The molecule has 1 heterocycles. The SMILES string of the molecule is O=C1OC(=O)C(c2ccccc2C(=O)O)=C1c1ccccc1. The van der Waals surface area contributed by atoms with Gasteiger partial charge in [0.2, 0.25) is 0 Å². The third kappa shape index (κ3) is 2.18. The summed E-state index contributed by atoms with van der Waals surface area (Å²) >= 11 is 0. The van der Waals surface area contributed by atoms with Crippen LogP contribution in [-0.2, 0) is 14.3 Å². The van der Waals surface area contributed by atoms with E-state index in [0.29, 0.717) is 5.56 Å². The molecule has 0 saturated heterocycles. The third-order valence-corrected chi connectivity index (χ3v) is 3.33. The maximum Gasteiger partial charge on any atom is 0.347 e. The summed E-state index contributed by atoms with van der Waals surface area (Å²) in [5.74, 6) is -2.79. The Kier molecular flexibility index (Phi) is 3.31. The highest BCUT2D eigenvalue weighted by molar-refractivity contribution is 6.45. The molecule has 0 bridgehead atoms. The predicted octanol–water partition coefficient (Wildman–Crippen LogP) is 2.38. The fourth-order valence-electron chi connectivity index (χ4n) is 2.39. The standard InChI is InChI=1S/C17H10O5/c18-15(19)12-9-5-4-8-11(12)14-13(16(20)22-17(14)21)10-6-2-1-3-7-10/h1-9H,(H,18,19). The minimum Gasteiger partial charge on any atom is -0.478 e. The molecule has 2 aromatic carbocycles. The predicted molar refractivity (Wildman–Crippen MR) is 77.8 cm³/mol. The number of rotatable bonds is 3. The lowest BCUT2D eigenvalue weighted by Gasteiger charge is -2.06. The first-order valence-electron chi connectivity index (χ1n) is 6.48. The first-order chi connectivity index (χ1) is 10.6. The summed E-state index contributed by atoms with van der Waals surface area (Å²) < 4.78 is 4.69. The normalized spacial score (nSPS) is 14.2. The number of benzene rings is 2. The summed E-state index contributed by atoms with van der Waals surface area (Å²) in [5, 5.41) is 9.28. The summed E-state index contributed by atoms with van der Waals surface area (Å²) in [6.45, 7) is 0. The molecular weight excluding hydrogens is 284 g/mol. The number of carbonyl (C=O) groups excluding carboxylic acids is 2. The van der Waals surface area contributed by atoms with Gasteiger partial charge in [0.1, 0.15) is 0 Å². The molecule has 0 spiro atoms. The van der Waals surface area contributed by atoms with E-state index in [-0.39, 0.29) is 22.3 Å². The van der Waals surface area contributed by atoms with Gasteiger partial charge in [0, 0.05) is 5.56 Å². The van der Waals surface area contributed by atoms with E-state index in [1.54, 1.807) is 42.5 Å². The number of ether oxygens (including phenoxy) is 1. The largest absolute Gasteiger partial charge is 0.478 e. The van der Waals surface area contributed by atoms with Crippen LogP contribution in [0, 0.1) is 0 Å². The van der Waals surface area contributed by atoms with E-state index in [0.717, 1.165) is 0 Å². The second-order valence-corrected chi connectivity index (χ2v) is 4.64. The van der Waals surface area contributed by atoms with E-state index in [1.165, 1.54) is 12.1 Å². The Morgan fingerprint density at radius 2 is 1.41 bits per heavy atom. The van der Waals surface area contributed by atoms with E-state index in [4.69, 9.17) is 0 Å². The van der Waals surface area contributed by atoms with Gasteiger partial charge in [-0.1, -0.05) is 48.5 Å². The van der Waals surface area contributed by atoms with Gasteiger partial charge in [-0.25, -0.2) is 14.4 Å². The van der Waals surface area contributed by atoms with Gasteiger partial charge in [-0.2, -0.15) is 0 Å². The Morgan fingerprint density at radius 3 is 2.09 bits per heavy atom. The molecule has 22 heavy (non-hydrogen) atoms. The molecule has 2 aromatic rings. The summed E-state index contributed by atoms with van der Waals surface area (Å²) in [6.07, 6.45) is 0. The van der Waals surface area contributed by atoms with Crippen molar-refractivity contribution in [1.29, 1.82) is 0 Å². The van der Waals surface area contributed by atoms with Gasteiger partial charge in [0.15, 0.2) is 0 Å². The van der Waals surface area contributed by atoms with Crippen LogP contribution in [0.5, 0.6) is 0 Å². The van der Waals surface area contributed by atoms with Crippen molar-refractivity contribution in [1.82, 2.24) is 0 Å². The van der Waals surface area contributed by atoms with Crippen LogP contribution in [0.15, 0.2) is 54.6 Å². The van der Waals surface area contributed by atoms with E-state index in [9.17, 15) is 19.5 Å². The van der Waals surface area contributed by atoms with Gasteiger partial charge in [0.25, 0.3) is 0 Å². The summed E-state index contributed by atoms with van der Waals surface area (Å²) in [7, 11) is 0. The molecule has 0 unspecified atom stereocenters. The lowest BCUT2D eigenvalue weighted by Crippen LogP contribution is -2.06. The smallest absolute Gasteiger partial charge is 0.347 e. The highest BCUT2D eigenvalue weighted by Gasteiger charge is 2.36. The van der Waals surface area contributed by atoms with Crippen LogP contribution in [0.1, 0.15) is 21.5 Å². The van der Waals surface area contributed by atoms with Crippen molar-refractivity contribution in [3.8, 4) is 0 Å². The molecule has 0 radical (unpaired) electrons. The van der Waals surface area contributed by atoms with Crippen molar-refractivity contribution in [2.24, 2.45) is 0 Å². The molecule has 0 aliphatic carbocycles. The Bertz CT molecular complexity index is 818. The van der Waals surface area contributed by atoms with E-state index < -0.39 is 17.9 Å². The molecule has 1 aliphatic rings. The number of hydrogen-bond donors (Lipinski definition) is 1. The molecule has 0 amide bonds. The number of cyclic esters (lactones) is 2. The van der Waals surface area contributed by atoms with Crippen LogP contribution in [-0.4, -0.2) is 23.0 Å². The minimum absolute atomic E-state index is 0.0193. The van der Waals surface area contributed by atoms with Crippen molar-refractivity contribution in [3.05, 3.63) is 71.3 Å². The molecule has 5 nitrogen and oxygen atoms in total. The quantitative estimate of drug-likeness (QED) is 0.694. The van der Waals surface area contributed by atoms with Crippen LogP contribution >= 0.6 is 0 Å². The Balaban J connectivity index is 2.30. The Morgan fingerprint density at radius 1 is 0.818 bits per heavy atom. The van der Waals surface area contributed by atoms with Crippen LogP contribution in [0.25, 0.3) is 11.1 Å². The highest BCUT2D eigenvalue weighted by Crippen LogP contribution is 2.35. The number of carbonyl (C=O) groups is 3. The maximum absolute atomic E-state index is 12.0. The highest BCUT2D eigenvalue weighted by atomic mass is 16.6. The van der Waals surface area contributed by atoms with Gasteiger partial charge in [-0.05, 0) is 11.6 Å². The van der Waals surface area contributed by atoms with Crippen molar-refractivity contribution in [2.75, 3.05) is 0 Å². The van der Waals surface area contributed by atoms with E-state index >= 15 is 0 Å². The molecular formula is C17H10O5. The fourth-order valence-corrected chi connectivity index (χ4v) is 2.39. The molecule has 0 saturated carbocycles. The van der Waals surface area contributed by atoms with E-state index in [1.807, 2.05) is 0 Å². The zero-order chi connectivity index (χ0) is 15.7. The molecule has 0 fully saturated rings. The average molecular weight is 294 g/mol. The molecule has 1 aliphatic heterocycles. The summed E-state index contributed by atoms with van der Waals surface area (Å²) in [6, 6.07) is 14.6. The monoisotopic (exact) mass is 294 g/mol. The second-order valence-electron chi connectivity index (χ2n) is 4.64. The first-order valence-corrected chi connectivity index (χ1v) is 6.48. The number of esters is 2. The van der Waals surface area contributed by atoms with Crippen molar-refractivity contribution < 1.29 is 24.2 Å². The molecule has 1 N–H and O–H groups in total. The number of aromatic carboxylic acids is 1. The van der Waals surface area contributed by atoms with Crippen molar-refractivity contribution in [3.63, 3.8) is 0 Å². The molecule has 3 rings (SSSR count). The van der Waals surface area contributed by atoms with Gasteiger partial charge in [0.05, 0.1) is 16.7 Å². The topological polar surface area (TPSA) is 80.7 Å². The lowest BCUT2D eigenvalue weighted by atomic mass is 9.93. The maximum atomic E-state index is 12.0. The summed E-state index contributed by atoms with van der Waals surface area (Å²) in [4.78, 5) is 35.4. The van der Waals surface area contributed by atoms with Crippen molar-refractivity contribution in [2.45, 2.75) is 0 Å². The van der Waals surface area contributed by atoms with Crippen LogP contribution in [0.3, 0.4) is 0 Å². The Hall–Kier alpha value is -3.21. The fraction of sp³-hybridized carbons (Fsp3) is 0. The van der Waals surface area contributed by atoms with Crippen LogP contribution in [0.2, 0.25) is 0 Å². The molecule has 108 valence electrons. The number of hydrogen-bond acceptors (Lipinski definition) is 4. The third-order valence-electron chi connectivity index (χ3n) is 3.33. The Labute approximate surface area is 125 Å². The zero-order valence-electron chi connectivity index (χ0n) is 11.3. The van der Waals surface area contributed by atoms with Gasteiger partial charge < -0.3 is 9.84 Å². The average Bonchev–Trinajstić information content (AvgIpc) is 2.82. The minimum atomic E-state index is -1.18. The van der Waals surface area contributed by atoms with Gasteiger partial charge in [-0.15, -0.1) is 0 Å². The van der Waals surface area contributed by atoms with Crippen LogP contribution < -0.4 is 0 Å². The van der Waals surface area contributed by atoms with E-state index in [2.05, 4.69) is 4.74 Å². The first kappa shape index (κ1) is 13.8. The van der Waals surface area contributed by atoms with Crippen LogP contribution in [0.4, 0.5) is 0 Å². The number of carboxylic acids is 1. The van der Waals surface area contributed by atoms with Gasteiger partial charge in [-0.3, -0.25) is 0 Å². The molecule has 0 aromatic heterocycles. The summed E-state index contributed by atoms with van der Waals surface area (Å²) in [5.41, 5.74) is 0.685. The molecule has 0 atom stereocenters. The van der Waals surface area contributed by atoms with Gasteiger partial charge >= 0.3 is 17.9 Å². The molecule has 5 heteroatoms. The lowest BCUT2D eigenvalue weighted by molar-refractivity contribution is -0.149. The number of carboxylic acid groups (broad SMARTS) is 1. The van der Waals surface area contributed by atoms with Crippen molar-refractivity contribution >= 4 is 29.1 Å².